The first-order valence-corrected chi connectivity index (χ1v) is 7.97. The molecule has 5 heteroatoms. The zero-order valence-electron chi connectivity index (χ0n) is 9.60. The van der Waals surface area contributed by atoms with Crippen LogP contribution in [-0.2, 0) is 9.84 Å². The summed E-state index contributed by atoms with van der Waals surface area (Å²) in [5.41, 5.74) is 1.12. The third-order valence-electron chi connectivity index (χ3n) is 2.88. The number of thioether (sulfide) groups is 1. The zero-order valence-corrected chi connectivity index (χ0v) is 11.2. The summed E-state index contributed by atoms with van der Waals surface area (Å²) in [5.74, 6) is 0.997. The van der Waals surface area contributed by atoms with Crippen molar-refractivity contribution < 1.29 is 8.42 Å². The van der Waals surface area contributed by atoms with Crippen LogP contribution in [0.1, 0.15) is 6.92 Å². The second-order valence-electron chi connectivity index (χ2n) is 4.17. The van der Waals surface area contributed by atoms with Crippen molar-refractivity contribution in [3.63, 3.8) is 0 Å². The summed E-state index contributed by atoms with van der Waals surface area (Å²) >= 11 is 1.72. The number of hydrogen-bond donors (Lipinski definition) is 0. The molecule has 2 rings (SSSR count). The van der Waals surface area contributed by atoms with E-state index in [1.807, 2.05) is 13.1 Å². The van der Waals surface area contributed by atoms with Gasteiger partial charge in [-0.2, -0.15) is 0 Å². The van der Waals surface area contributed by atoms with Crippen LogP contribution >= 0.6 is 11.8 Å². The Hall–Kier alpha value is -0.680. The van der Waals surface area contributed by atoms with Crippen LogP contribution in [0, 0.1) is 0 Å². The molecule has 1 aromatic rings. The predicted octanol–water partition coefficient (Wildman–Crippen LogP) is 2.02. The van der Waals surface area contributed by atoms with E-state index in [1.54, 1.807) is 23.9 Å². The smallest absolute Gasteiger partial charge is 0.175 e. The highest BCUT2D eigenvalue weighted by Gasteiger charge is 2.21. The zero-order chi connectivity index (χ0) is 11.9. The van der Waals surface area contributed by atoms with E-state index in [0.717, 1.165) is 16.3 Å². The van der Waals surface area contributed by atoms with Crippen LogP contribution in [0.25, 0.3) is 0 Å². The maximum atomic E-state index is 11.4. The summed E-state index contributed by atoms with van der Waals surface area (Å²) in [6.45, 7) is 2.17. The van der Waals surface area contributed by atoms with Gasteiger partial charge >= 0.3 is 0 Å². The molecule has 0 aromatic heterocycles. The summed E-state index contributed by atoms with van der Waals surface area (Å²) in [6.07, 6.45) is 1.24. The molecule has 1 unspecified atom stereocenters. The lowest BCUT2D eigenvalue weighted by Crippen LogP contribution is -2.33. The highest BCUT2D eigenvalue weighted by Crippen LogP contribution is 2.37. The fourth-order valence-corrected chi connectivity index (χ4v) is 3.63. The van der Waals surface area contributed by atoms with E-state index >= 15 is 0 Å². The maximum Gasteiger partial charge on any atom is 0.175 e. The van der Waals surface area contributed by atoms with E-state index in [4.69, 9.17) is 0 Å². The molecule has 1 aromatic carbocycles. The molecule has 0 aliphatic carbocycles. The van der Waals surface area contributed by atoms with Crippen LogP contribution in [0.15, 0.2) is 28.0 Å². The van der Waals surface area contributed by atoms with Gasteiger partial charge in [0.15, 0.2) is 9.84 Å². The molecule has 0 fully saturated rings. The molecule has 3 nitrogen and oxygen atoms in total. The molecular weight excluding hydrogens is 242 g/mol. The van der Waals surface area contributed by atoms with Gasteiger partial charge in [0.05, 0.1) is 10.6 Å². The van der Waals surface area contributed by atoms with E-state index in [2.05, 4.69) is 11.8 Å². The molecule has 0 radical (unpaired) electrons. The fraction of sp³-hybridized carbons (Fsp3) is 0.455. The molecule has 0 amide bonds. The minimum Gasteiger partial charge on any atom is -0.370 e. The van der Waals surface area contributed by atoms with Crippen molar-refractivity contribution in [2.75, 3.05) is 24.0 Å². The summed E-state index contributed by atoms with van der Waals surface area (Å²) in [7, 11) is -1.05. The molecule has 0 bridgehead atoms. The highest BCUT2D eigenvalue weighted by atomic mass is 32.2. The van der Waals surface area contributed by atoms with Crippen LogP contribution in [-0.4, -0.2) is 33.5 Å². The molecule has 88 valence electrons. The lowest BCUT2D eigenvalue weighted by atomic mass is 10.2. The van der Waals surface area contributed by atoms with Crippen molar-refractivity contribution in [2.45, 2.75) is 22.8 Å². The maximum absolute atomic E-state index is 11.4. The quantitative estimate of drug-likeness (QED) is 0.771. The van der Waals surface area contributed by atoms with Crippen molar-refractivity contribution in [1.82, 2.24) is 0 Å². The van der Waals surface area contributed by atoms with Crippen LogP contribution in [0.2, 0.25) is 0 Å². The SMILES string of the molecule is CC1CSc2cc(S(C)(=O)=O)ccc2N1C. The Balaban J connectivity index is 2.49. The number of rotatable bonds is 1. The minimum atomic E-state index is -3.10. The highest BCUT2D eigenvalue weighted by molar-refractivity contribution is 7.99. The largest absolute Gasteiger partial charge is 0.370 e. The molecular formula is C11H15NO2S2. The van der Waals surface area contributed by atoms with E-state index < -0.39 is 9.84 Å². The van der Waals surface area contributed by atoms with Crippen molar-refractivity contribution in [3.8, 4) is 0 Å². The first-order valence-electron chi connectivity index (χ1n) is 5.09. The van der Waals surface area contributed by atoms with Crippen molar-refractivity contribution in [1.29, 1.82) is 0 Å². The normalized spacial score (nSPS) is 20.7. The number of benzene rings is 1. The van der Waals surface area contributed by atoms with E-state index in [1.165, 1.54) is 6.26 Å². The predicted molar refractivity (Wildman–Crippen MR) is 68.1 cm³/mol. The Morgan fingerprint density at radius 2 is 2.12 bits per heavy atom. The molecule has 0 spiro atoms. The van der Waals surface area contributed by atoms with Crippen LogP contribution in [0.5, 0.6) is 0 Å². The fourth-order valence-electron chi connectivity index (χ4n) is 1.69. The molecule has 1 heterocycles. The Morgan fingerprint density at radius 3 is 2.75 bits per heavy atom. The van der Waals surface area contributed by atoms with Gasteiger partial charge < -0.3 is 4.90 Å². The van der Waals surface area contributed by atoms with Gasteiger partial charge in [-0.05, 0) is 25.1 Å². The van der Waals surface area contributed by atoms with Gasteiger partial charge in [-0.3, -0.25) is 0 Å². The van der Waals surface area contributed by atoms with Gasteiger partial charge in [0, 0.05) is 30.0 Å². The Labute approximate surface area is 101 Å². The van der Waals surface area contributed by atoms with E-state index in [9.17, 15) is 8.42 Å². The molecule has 0 saturated carbocycles. The molecule has 0 N–H and O–H groups in total. The van der Waals surface area contributed by atoms with E-state index in [0.29, 0.717) is 10.9 Å². The molecule has 1 aliphatic heterocycles. The van der Waals surface area contributed by atoms with Crippen LogP contribution in [0.3, 0.4) is 0 Å². The lowest BCUT2D eigenvalue weighted by Gasteiger charge is -2.33. The first-order chi connectivity index (χ1) is 7.39. The summed E-state index contributed by atoms with van der Waals surface area (Å²) in [4.78, 5) is 3.66. The second kappa shape index (κ2) is 3.96. The number of nitrogens with zero attached hydrogens (tertiary/aromatic N) is 1. The van der Waals surface area contributed by atoms with E-state index in [-0.39, 0.29) is 0 Å². The Kier molecular flexibility index (Phi) is 2.92. The summed E-state index contributed by atoms with van der Waals surface area (Å²) < 4.78 is 22.9. The summed E-state index contributed by atoms with van der Waals surface area (Å²) in [6, 6.07) is 5.84. The van der Waals surface area contributed by atoms with Gasteiger partial charge in [-0.25, -0.2) is 8.42 Å². The van der Waals surface area contributed by atoms with Crippen LogP contribution in [0.4, 0.5) is 5.69 Å². The number of hydrogen-bond acceptors (Lipinski definition) is 4. The number of anilines is 1. The average molecular weight is 257 g/mol. The lowest BCUT2D eigenvalue weighted by molar-refractivity contribution is 0.601. The Bertz CT molecular complexity index is 511. The van der Waals surface area contributed by atoms with Gasteiger partial charge in [0.25, 0.3) is 0 Å². The minimum absolute atomic E-state index is 0.404. The van der Waals surface area contributed by atoms with Gasteiger partial charge in [-0.1, -0.05) is 0 Å². The molecule has 1 aliphatic rings. The third-order valence-corrected chi connectivity index (χ3v) is 5.28. The topological polar surface area (TPSA) is 37.4 Å². The monoisotopic (exact) mass is 257 g/mol. The summed E-state index contributed by atoms with van der Waals surface area (Å²) in [5, 5.41) is 0. The molecule has 16 heavy (non-hydrogen) atoms. The molecule has 0 saturated heterocycles. The average Bonchev–Trinajstić information content (AvgIpc) is 2.22. The van der Waals surface area contributed by atoms with Crippen LogP contribution < -0.4 is 4.90 Å². The number of sulfone groups is 1. The van der Waals surface area contributed by atoms with Crippen molar-refractivity contribution in [3.05, 3.63) is 18.2 Å². The second-order valence-corrected chi connectivity index (χ2v) is 7.25. The van der Waals surface area contributed by atoms with Gasteiger partial charge in [0.2, 0.25) is 0 Å². The van der Waals surface area contributed by atoms with Crippen molar-refractivity contribution >= 4 is 27.3 Å². The number of fused-ring (bicyclic) bond motifs is 1. The Morgan fingerprint density at radius 1 is 1.44 bits per heavy atom. The molecule has 1 atom stereocenters. The standard InChI is InChI=1S/C11H15NO2S2/c1-8-7-15-11-6-9(16(3,13)14)4-5-10(11)12(8)2/h4-6,8H,7H2,1-3H3. The first kappa shape index (κ1) is 11.8. The van der Waals surface area contributed by atoms with Crippen molar-refractivity contribution in [2.24, 2.45) is 0 Å². The van der Waals surface area contributed by atoms with Gasteiger partial charge in [-0.15, -0.1) is 11.8 Å². The van der Waals surface area contributed by atoms with Gasteiger partial charge in [0.1, 0.15) is 0 Å². The third kappa shape index (κ3) is 2.06.